The molecule has 2 unspecified atom stereocenters. The number of nitrogens with two attached hydrogens (primary N) is 1. The van der Waals surface area contributed by atoms with Crippen molar-refractivity contribution in [3.05, 3.63) is 29.3 Å². The summed E-state index contributed by atoms with van der Waals surface area (Å²) < 4.78 is 0. The first-order valence-corrected chi connectivity index (χ1v) is 7.54. The molecule has 1 amide bonds. The molecule has 3 N–H and O–H groups in total. The summed E-state index contributed by atoms with van der Waals surface area (Å²) in [5.74, 6) is -0.0326. The van der Waals surface area contributed by atoms with Crippen LogP contribution in [0.5, 0.6) is 0 Å². The van der Waals surface area contributed by atoms with Gasteiger partial charge in [-0.2, -0.15) is 0 Å². The van der Waals surface area contributed by atoms with Gasteiger partial charge in [-0.05, 0) is 37.1 Å². The Hall–Kier alpha value is -0.970. The Morgan fingerprint density at radius 2 is 2.14 bits per heavy atom. The number of carbonyl (C=O) groups excluding carboxylic acids is 1. The van der Waals surface area contributed by atoms with Gasteiger partial charge in [0.25, 0.3) is 0 Å². The summed E-state index contributed by atoms with van der Waals surface area (Å²) in [6.07, 6.45) is 2.61. The van der Waals surface area contributed by atoms with Crippen molar-refractivity contribution in [2.75, 3.05) is 18.0 Å². The monoisotopic (exact) mass is 331 g/mol. The van der Waals surface area contributed by atoms with Crippen molar-refractivity contribution in [1.29, 1.82) is 0 Å². The average Bonchev–Trinajstić information content (AvgIpc) is 2.88. The lowest BCUT2D eigenvalue weighted by atomic mass is 10.1. The van der Waals surface area contributed by atoms with Crippen LogP contribution in [0.1, 0.15) is 26.2 Å². The van der Waals surface area contributed by atoms with Crippen LogP contribution in [0.25, 0.3) is 0 Å². The number of rotatable bonds is 5. The van der Waals surface area contributed by atoms with E-state index < -0.39 is 0 Å². The van der Waals surface area contributed by atoms with Gasteiger partial charge in [-0.3, -0.25) is 4.79 Å². The average molecular weight is 332 g/mol. The fourth-order valence-corrected chi connectivity index (χ4v) is 2.64. The summed E-state index contributed by atoms with van der Waals surface area (Å²) >= 11 is 5.89. The number of hydrogen-bond donors (Lipinski definition) is 2. The minimum absolute atomic E-state index is 0. The number of nitrogens with one attached hydrogen (secondary N) is 1. The molecule has 0 radical (unpaired) electrons. The highest BCUT2D eigenvalue weighted by Crippen LogP contribution is 2.22. The van der Waals surface area contributed by atoms with Crippen molar-refractivity contribution in [1.82, 2.24) is 5.32 Å². The van der Waals surface area contributed by atoms with Crippen LogP contribution >= 0.6 is 24.0 Å². The van der Waals surface area contributed by atoms with Crippen molar-refractivity contribution in [2.45, 2.75) is 38.3 Å². The van der Waals surface area contributed by atoms with Gasteiger partial charge >= 0.3 is 0 Å². The normalized spacial score (nSPS) is 19.0. The van der Waals surface area contributed by atoms with Crippen molar-refractivity contribution in [3.63, 3.8) is 0 Å². The van der Waals surface area contributed by atoms with Gasteiger partial charge in [0.1, 0.15) is 0 Å². The standard InChI is InChI=1S/C15H22ClN3O.ClH/c1-2-3-14(17)15(20)18-12-8-9-19(10-12)13-6-4-11(16)5-7-13;/h4-7,12,14H,2-3,8-10,17H2,1H3,(H,18,20);1H. The van der Waals surface area contributed by atoms with Gasteiger partial charge < -0.3 is 16.0 Å². The summed E-state index contributed by atoms with van der Waals surface area (Å²) in [6.45, 7) is 3.80. The number of nitrogens with zero attached hydrogens (tertiary/aromatic N) is 1. The van der Waals surface area contributed by atoms with E-state index in [2.05, 4.69) is 10.2 Å². The summed E-state index contributed by atoms with van der Waals surface area (Å²) in [5.41, 5.74) is 6.97. The Balaban J connectivity index is 0.00000220. The lowest BCUT2D eigenvalue weighted by molar-refractivity contribution is -0.123. The Morgan fingerprint density at radius 3 is 2.76 bits per heavy atom. The smallest absolute Gasteiger partial charge is 0.237 e. The van der Waals surface area contributed by atoms with Crippen molar-refractivity contribution in [2.24, 2.45) is 5.73 Å². The molecule has 2 atom stereocenters. The van der Waals surface area contributed by atoms with E-state index in [0.717, 1.165) is 43.1 Å². The molecule has 0 spiro atoms. The second-order valence-corrected chi connectivity index (χ2v) is 5.75. The molecule has 1 aliphatic heterocycles. The number of amides is 1. The summed E-state index contributed by atoms with van der Waals surface area (Å²) in [4.78, 5) is 14.2. The molecule has 1 fully saturated rings. The summed E-state index contributed by atoms with van der Waals surface area (Å²) in [7, 11) is 0. The molecule has 0 bridgehead atoms. The Labute approximate surface area is 137 Å². The van der Waals surface area contributed by atoms with Gasteiger partial charge in [-0.1, -0.05) is 24.9 Å². The van der Waals surface area contributed by atoms with E-state index in [1.54, 1.807) is 0 Å². The van der Waals surface area contributed by atoms with Crippen LogP contribution in [0, 0.1) is 0 Å². The van der Waals surface area contributed by atoms with Gasteiger partial charge in [0.05, 0.1) is 6.04 Å². The molecule has 0 aromatic heterocycles. The first kappa shape index (κ1) is 18.1. The van der Waals surface area contributed by atoms with Gasteiger partial charge in [0, 0.05) is 29.8 Å². The van der Waals surface area contributed by atoms with E-state index in [1.807, 2.05) is 31.2 Å². The molecule has 21 heavy (non-hydrogen) atoms. The van der Waals surface area contributed by atoms with E-state index in [0.29, 0.717) is 0 Å². The highest BCUT2D eigenvalue weighted by Gasteiger charge is 2.25. The maximum absolute atomic E-state index is 11.9. The maximum Gasteiger partial charge on any atom is 0.237 e. The molecule has 1 saturated heterocycles. The SMILES string of the molecule is CCCC(N)C(=O)NC1CCN(c2ccc(Cl)cc2)C1.Cl. The van der Waals surface area contributed by atoms with Crippen LogP contribution in [-0.2, 0) is 4.79 Å². The highest BCUT2D eigenvalue weighted by atomic mass is 35.5. The van der Waals surface area contributed by atoms with Crippen LogP contribution in [0.4, 0.5) is 5.69 Å². The van der Waals surface area contributed by atoms with Crippen molar-refractivity contribution >= 4 is 35.6 Å². The van der Waals surface area contributed by atoms with Crippen LogP contribution in [0.15, 0.2) is 24.3 Å². The quantitative estimate of drug-likeness (QED) is 0.871. The molecule has 4 nitrogen and oxygen atoms in total. The molecule has 118 valence electrons. The molecule has 1 aromatic carbocycles. The second kappa shape index (κ2) is 8.47. The Morgan fingerprint density at radius 1 is 1.48 bits per heavy atom. The Kier molecular flexibility index (Phi) is 7.29. The topological polar surface area (TPSA) is 58.4 Å². The third-order valence-corrected chi connectivity index (χ3v) is 3.91. The molecule has 2 rings (SSSR count). The van der Waals surface area contributed by atoms with E-state index >= 15 is 0 Å². The molecule has 1 heterocycles. The minimum Gasteiger partial charge on any atom is -0.369 e. The lowest BCUT2D eigenvalue weighted by Crippen LogP contribution is -2.46. The fraction of sp³-hybridized carbons (Fsp3) is 0.533. The van der Waals surface area contributed by atoms with E-state index in [1.165, 1.54) is 0 Å². The predicted octanol–water partition coefficient (Wildman–Crippen LogP) is 2.58. The van der Waals surface area contributed by atoms with Crippen LogP contribution in [0.3, 0.4) is 0 Å². The molecule has 6 heteroatoms. The van der Waals surface area contributed by atoms with Gasteiger partial charge in [0.2, 0.25) is 5.91 Å². The molecule has 1 aromatic rings. The first-order chi connectivity index (χ1) is 9.60. The third kappa shape index (κ3) is 5.06. The zero-order chi connectivity index (χ0) is 14.5. The number of carbonyl (C=O) groups is 1. The highest BCUT2D eigenvalue weighted by molar-refractivity contribution is 6.30. The van der Waals surface area contributed by atoms with E-state index in [4.69, 9.17) is 17.3 Å². The summed E-state index contributed by atoms with van der Waals surface area (Å²) in [6, 6.07) is 7.59. The summed E-state index contributed by atoms with van der Waals surface area (Å²) in [5, 5.41) is 3.78. The molecule has 0 aliphatic carbocycles. The molecule has 1 aliphatic rings. The first-order valence-electron chi connectivity index (χ1n) is 7.16. The zero-order valence-electron chi connectivity index (χ0n) is 12.2. The number of hydrogen-bond acceptors (Lipinski definition) is 3. The Bertz CT molecular complexity index is 453. The number of benzene rings is 1. The van der Waals surface area contributed by atoms with Crippen LogP contribution < -0.4 is 16.0 Å². The number of halogens is 2. The zero-order valence-corrected chi connectivity index (χ0v) is 13.8. The number of anilines is 1. The van der Waals surface area contributed by atoms with Gasteiger partial charge in [-0.25, -0.2) is 0 Å². The second-order valence-electron chi connectivity index (χ2n) is 5.31. The van der Waals surface area contributed by atoms with Crippen molar-refractivity contribution in [3.8, 4) is 0 Å². The van der Waals surface area contributed by atoms with Crippen LogP contribution in [-0.4, -0.2) is 31.1 Å². The minimum atomic E-state index is -0.385. The third-order valence-electron chi connectivity index (χ3n) is 3.66. The maximum atomic E-state index is 11.9. The van der Waals surface area contributed by atoms with Crippen LogP contribution in [0.2, 0.25) is 5.02 Å². The van der Waals surface area contributed by atoms with E-state index in [9.17, 15) is 4.79 Å². The molecule has 0 saturated carbocycles. The fourth-order valence-electron chi connectivity index (χ4n) is 2.51. The molecular weight excluding hydrogens is 309 g/mol. The predicted molar refractivity (Wildman–Crippen MR) is 90.3 cm³/mol. The largest absolute Gasteiger partial charge is 0.369 e. The molecular formula is C15H23Cl2N3O. The van der Waals surface area contributed by atoms with E-state index in [-0.39, 0.29) is 30.4 Å². The lowest BCUT2D eigenvalue weighted by Gasteiger charge is -2.20. The van der Waals surface area contributed by atoms with Gasteiger partial charge in [0.15, 0.2) is 0 Å². The van der Waals surface area contributed by atoms with Gasteiger partial charge in [-0.15, -0.1) is 12.4 Å². The van der Waals surface area contributed by atoms with Crippen molar-refractivity contribution < 1.29 is 4.79 Å².